The topological polar surface area (TPSA) is 102 Å². The standard InChI is InChI=1S/C27H33N3O4/c1-26(2,28)25(33)29-22(18-34-17-19-8-4-3-5-9-19)24(32)30-14-12-27(13-15-30)16-23(31)20-10-6-7-11-21(20)27/h3-11,22H,12-18,28H2,1-2H3,(H,29,33)/t22-/m1/s1. The number of ketones is 1. The predicted octanol–water partition coefficient (Wildman–Crippen LogP) is 2.57. The van der Waals surface area contributed by atoms with Crippen LogP contribution in [0, 0.1) is 0 Å². The van der Waals surface area contributed by atoms with Crippen molar-refractivity contribution >= 4 is 17.6 Å². The van der Waals surface area contributed by atoms with Gasteiger partial charge in [0, 0.05) is 30.5 Å². The Morgan fingerprint density at radius 3 is 2.41 bits per heavy atom. The van der Waals surface area contributed by atoms with Gasteiger partial charge in [0.25, 0.3) is 0 Å². The highest BCUT2D eigenvalue weighted by Gasteiger charge is 2.46. The van der Waals surface area contributed by atoms with E-state index in [0.29, 0.717) is 26.1 Å². The number of carbonyl (C=O) groups excluding carboxylic acids is 3. The molecular formula is C27H33N3O4. The summed E-state index contributed by atoms with van der Waals surface area (Å²) in [4.78, 5) is 40.3. The van der Waals surface area contributed by atoms with E-state index in [-0.39, 0.29) is 23.7 Å². The molecule has 7 heteroatoms. The number of hydrogen-bond donors (Lipinski definition) is 2. The third-order valence-electron chi connectivity index (χ3n) is 6.91. The molecule has 1 aliphatic heterocycles. The molecule has 4 rings (SSSR count). The molecule has 2 amide bonds. The Morgan fingerprint density at radius 2 is 1.74 bits per heavy atom. The largest absolute Gasteiger partial charge is 0.374 e. The third kappa shape index (κ3) is 5.05. The van der Waals surface area contributed by atoms with Crippen molar-refractivity contribution in [3.8, 4) is 0 Å². The Morgan fingerprint density at radius 1 is 1.09 bits per heavy atom. The van der Waals surface area contributed by atoms with Crippen LogP contribution in [0.2, 0.25) is 0 Å². The van der Waals surface area contributed by atoms with Crippen LogP contribution < -0.4 is 11.1 Å². The third-order valence-corrected chi connectivity index (χ3v) is 6.91. The van der Waals surface area contributed by atoms with E-state index in [0.717, 1.165) is 29.5 Å². The first kappa shape index (κ1) is 24.1. The van der Waals surface area contributed by atoms with Gasteiger partial charge < -0.3 is 20.7 Å². The molecule has 2 aromatic rings. The van der Waals surface area contributed by atoms with E-state index >= 15 is 0 Å². The fraction of sp³-hybridized carbons (Fsp3) is 0.444. The van der Waals surface area contributed by atoms with Gasteiger partial charge in [0.2, 0.25) is 11.8 Å². The lowest BCUT2D eigenvalue weighted by Gasteiger charge is -2.41. The lowest BCUT2D eigenvalue weighted by molar-refractivity contribution is -0.140. The van der Waals surface area contributed by atoms with E-state index in [2.05, 4.69) is 5.32 Å². The first-order chi connectivity index (χ1) is 16.2. The Balaban J connectivity index is 1.42. The molecule has 0 aromatic heterocycles. The quantitative estimate of drug-likeness (QED) is 0.657. The number of piperidine rings is 1. The van der Waals surface area contributed by atoms with E-state index in [4.69, 9.17) is 10.5 Å². The number of ether oxygens (including phenoxy) is 1. The molecule has 1 aliphatic carbocycles. The monoisotopic (exact) mass is 463 g/mol. The van der Waals surface area contributed by atoms with Crippen LogP contribution in [0.4, 0.5) is 0 Å². The number of nitrogens with one attached hydrogen (secondary N) is 1. The van der Waals surface area contributed by atoms with Crippen molar-refractivity contribution in [1.29, 1.82) is 0 Å². The zero-order valence-corrected chi connectivity index (χ0v) is 19.9. The maximum atomic E-state index is 13.4. The highest BCUT2D eigenvalue weighted by molar-refractivity contribution is 6.02. The van der Waals surface area contributed by atoms with Crippen molar-refractivity contribution in [1.82, 2.24) is 10.2 Å². The number of fused-ring (bicyclic) bond motifs is 2. The molecule has 3 N–H and O–H groups in total. The number of benzene rings is 2. The van der Waals surface area contributed by atoms with Crippen LogP contribution in [-0.2, 0) is 26.3 Å². The van der Waals surface area contributed by atoms with Crippen molar-refractivity contribution in [2.24, 2.45) is 5.73 Å². The summed E-state index contributed by atoms with van der Waals surface area (Å²) in [5.41, 5.74) is 7.54. The Hall–Kier alpha value is -3.03. The Kier molecular flexibility index (Phi) is 6.86. The highest BCUT2D eigenvalue weighted by atomic mass is 16.5. The second-order valence-electron chi connectivity index (χ2n) is 10.00. The number of nitrogens with zero attached hydrogens (tertiary/aromatic N) is 1. The van der Waals surface area contributed by atoms with Crippen LogP contribution in [0.3, 0.4) is 0 Å². The Bertz CT molecular complexity index is 1050. The first-order valence-electron chi connectivity index (χ1n) is 11.8. The summed E-state index contributed by atoms with van der Waals surface area (Å²) in [6.07, 6.45) is 1.93. The van der Waals surface area contributed by atoms with Gasteiger partial charge in [-0.15, -0.1) is 0 Å². The molecule has 2 aromatic carbocycles. The number of Topliss-reactive ketones (excluding diaryl/α,β-unsaturated/α-hetero) is 1. The average molecular weight is 464 g/mol. The van der Waals surface area contributed by atoms with Crippen LogP contribution in [0.5, 0.6) is 0 Å². The van der Waals surface area contributed by atoms with Gasteiger partial charge in [-0.2, -0.15) is 0 Å². The fourth-order valence-corrected chi connectivity index (χ4v) is 4.90. The molecule has 0 unspecified atom stereocenters. The van der Waals surface area contributed by atoms with Gasteiger partial charge in [-0.05, 0) is 37.8 Å². The molecule has 0 radical (unpaired) electrons. The lowest BCUT2D eigenvalue weighted by Crippen LogP contribution is -2.59. The van der Waals surface area contributed by atoms with Gasteiger partial charge in [0.05, 0.1) is 18.8 Å². The zero-order chi connectivity index (χ0) is 24.3. The minimum Gasteiger partial charge on any atom is -0.374 e. The molecule has 34 heavy (non-hydrogen) atoms. The first-order valence-corrected chi connectivity index (χ1v) is 11.8. The Labute approximate surface area is 200 Å². The minimum absolute atomic E-state index is 0.0541. The number of carbonyl (C=O) groups is 3. The van der Waals surface area contributed by atoms with Crippen molar-refractivity contribution in [3.63, 3.8) is 0 Å². The lowest BCUT2D eigenvalue weighted by atomic mass is 9.73. The summed E-state index contributed by atoms with van der Waals surface area (Å²) in [7, 11) is 0. The normalized spacial score (nSPS) is 18.0. The van der Waals surface area contributed by atoms with Crippen molar-refractivity contribution in [2.45, 2.75) is 56.7 Å². The summed E-state index contributed by atoms with van der Waals surface area (Å²) in [5, 5.41) is 2.79. The minimum atomic E-state index is -1.11. The molecule has 7 nitrogen and oxygen atoms in total. The second-order valence-corrected chi connectivity index (χ2v) is 10.00. The fourth-order valence-electron chi connectivity index (χ4n) is 4.90. The van der Waals surface area contributed by atoms with Crippen LogP contribution in [0.15, 0.2) is 54.6 Å². The molecule has 1 spiro atoms. The maximum Gasteiger partial charge on any atom is 0.247 e. The van der Waals surface area contributed by atoms with Gasteiger partial charge in [0.1, 0.15) is 6.04 Å². The average Bonchev–Trinajstić information content (AvgIpc) is 3.10. The molecule has 1 fully saturated rings. The van der Waals surface area contributed by atoms with Gasteiger partial charge in [0.15, 0.2) is 5.78 Å². The van der Waals surface area contributed by atoms with Gasteiger partial charge in [-0.3, -0.25) is 14.4 Å². The van der Waals surface area contributed by atoms with Gasteiger partial charge in [-0.25, -0.2) is 0 Å². The summed E-state index contributed by atoms with van der Waals surface area (Å²) in [6.45, 7) is 4.66. The number of amides is 2. The van der Waals surface area contributed by atoms with E-state index in [9.17, 15) is 14.4 Å². The number of likely N-dealkylation sites (tertiary alicyclic amines) is 1. The SMILES string of the molecule is CC(C)(N)C(=O)N[C@H](COCc1ccccc1)C(=O)N1CCC2(CC1)CC(=O)c1ccccc12. The maximum absolute atomic E-state index is 13.4. The van der Waals surface area contributed by atoms with Crippen LogP contribution in [-0.4, -0.2) is 53.8 Å². The molecule has 1 saturated heterocycles. The number of rotatable bonds is 7. The molecule has 180 valence electrons. The van der Waals surface area contributed by atoms with Crippen LogP contribution in [0.1, 0.15) is 54.6 Å². The van der Waals surface area contributed by atoms with E-state index < -0.39 is 17.5 Å². The summed E-state index contributed by atoms with van der Waals surface area (Å²) in [6, 6.07) is 16.7. The smallest absolute Gasteiger partial charge is 0.247 e. The van der Waals surface area contributed by atoms with Gasteiger partial charge >= 0.3 is 0 Å². The van der Waals surface area contributed by atoms with Crippen LogP contribution >= 0.6 is 0 Å². The second kappa shape index (κ2) is 9.68. The summed E-state index contributed by atoms with van der Waals surface area (Å²) < 4.78 is 5.81. The predicted molar refractivity (Wildman–Crippen MR) is 129 cm³/mol. The number of nitrogens with two attached hydrogens (primary N) is 1. The highest BCUT2D eigenvalue weighted by Crippen LogP contribution is 2.46. The molecule has 1 atom stereocenters. The van der Waals surface area contributed by atoms with Crippen molar-refractivity contribution in [2.75, 3.05) is 19.7 Å². The molecule has 0 bridgehead atoms. The van der Waals surface area contributed by atoms with Crippen LogP contribution in [0.25, 0.3) is 0 Å². The molecule has 0 saturated carbocycles. The molecule has 1 heterocycles. The van der Waals surface area contributed by atoms with E-state index in [1.54, 1.807) is 18.7 Å². The zero-order valence-electron chi connectivity index (χ0n) is 19.9. The summed E-state index contributed by atoms with van der Waals surface area (Å²) in [5.74, 6) is -0.406. The van der Waals surface area contributed by atoms with E-state index in [1.165, 1.54) is 0 Å². The van der Waals surface area contributed by atoms with Crippen molar-refractivity contribution in [3.05, 3.63) is 71.3 Å². The number of hydrogen-bond acceptors (Lipinski definition) is 5. The molecular weight excluding hydrogens is 430 g/mol. The molecule has 2 aliphatic rings. The van der Waals surface area contributed by atoms with Gasteiger partial charge in [-0.1, -0.05) is 54.6 Å². The van der Waals surface area contributed by atoms with E-state index in [1.807, 2.05) is 54.6 Å². The van der Waals surface area contributed by atoms with Crippen molar-refractivity contribution < 1.29 is 19.1 Å². The summed E-state index contributed by atoms with van der Waals surface area (Å²) >= 11 is 0.